The lowest BCUT2D eigenvalue weighted by molar-refractivity contribution is 1.03. The van der Waals surface area contributed by atoms with Crippen molar-refractivity contribution in [3.63, 3.8) is 0 Å². The Hall–Kier alpha value is -5.98. The van der Waals surface area contributed by atoms with Gasteiger partial charge in [0.15, 0.2) is 17.5 Å². The van der Waals surface area contributed by atoms with E-state index in [4.69, 9.17) is 15.0 Å². The first-order valence-electron chi connectivity index (χ1n) is 15.6. The molecule has 0 unspecified atom stereocenters. The largest absolute Gasteiger partial charge is 0.295 e. The summed E-state index contributed by atoms with van der Waals surface area (Å²) < 4.78 is 4.87. The summed E-state index contributed by atoms with van der Waals surface area (Å²) in [6.07, 6.45) is 0. The lowest BCUT2D eigenvalue weighted by Gasteiger charge is -2.21. The fraction of sp³-hybridized carbons (Fsp3) is 0. The normalized spacial score (nSPS) is 12.2. The van der Waals surface area contributed by atoms with Crippen molar-refractivity contribution in [2.75, 3.05) is 0 Å². The number of fused-ring (bicyclic) bond motifs is 7. The molecule has 0 saturated heterocycles. The molecular formula is C41H25N5S. The molecule has 0 atom stereocenters. The van der Waals surface area contributed by atoms with E-state index < -0.39 is 0 Å². The molecule has 0 radical (unpaired) electrons. The Morgan fingerprint density at radius 3 is 1.74 bits per heavy atom. The summed E-state index contributed by atoms with van der Waals surface area (Å²) in [5.74, 6) is 1.95. The van der Waals surface area contributed by atoms with Crippen LogP contribution in [0.25, 0.3) is 78.4 Å². The Morgan fingerprint density at radius 1 is 0.447 bits per heavy atom. The second-order valence-corrected chi connectivity index (χ2v) is 12.8. The van der Waals surface area contributed by atoms with Gasteiger partial charge in [0, 0.05) is 48.3 Å². The highest BCUT2D eigenvalue weighted by Crippen LogP contribution is 2.49. The lowest BCUT2D eigenvalue weighted by atomic mass is 10.1. The minimum Gasteiger partial charge on any atom is -0.295 e. The zero-order valence-corrected chi connectivity index (χ0v) is 25.9. The number of hydrogen-bond donors (Lipinski definition) is 0. The second-order valence-electron chi connectivity index (χ2n) is 11.7. The Kier molecular flexibility index (Phi) is 5.74. The predicted octanol–water partition coefficient (Wildman–Crippen LogP) is 10.4. The Labute approximate surface area is 274 Å². The fourth-order valence-corrected chi connectivity index (χ4v) is 7.98. The van der Waals surface area contributed by atoms with Crippen molar-refractivity contribution in [1.29, 1.82) is 0 Å². The number of rotatable bonds is 4. The Bertz CT molecular complexity index is 2580. The maximum absolute atomic E-state index is 5.04. The highest BCUT2D eigenvalue weighted by atomic mass is 32.2. The molecule has 1 aliphatic rings. The van der Waals surface area contributed by atoms with E-state index in [1.807, 2.05) is 72.4 Å². The van der Waals surface area contributed by atoms with Crippen LogP contribution in [0.4, 0.5) is 0 Å². The first-order chi connectivity index (χ1) is 23.3. The van der Waals surface area contributed by atoms with E-state index in [9.17, 15) is 0 Å². The molecule has 0 aliphatic carbocycles. The van der Waals surface area contributed by atoms with E-state index in [2.05, 4.69) is 100 Å². The quantitative estimate of drug-likeness (QED) is 0.197. The van der Waals surface area contributed by atoms with Gasteiger partial charge in [-0.3, -0.25) is 9.13 Å². The van der Waals surface area contributed by atoms with Crippen LogP contribution in [0.5, 0.6) is 0 Å². The molecule has 0 N–H and O–H groups in total. The molecule has 6 heteroatoms. The number of para-hydroxylation sites is 3. The van der Waals surface area contributed by atoms with Gasteiger partial charge >= 0.3 is 0 Å². The van der Waals surface area contributed by atoms with E-state index in [-0.39, 0.29) is 0 Å². The summed E-state index contributed by atoms with van der Waals surface area (Å²) in [5, 5.41) is 3.69. The second kappa shape index (κ2) is 10.3. The van der Waals surface area contributed by atoms with Gasteiger partial charge in [0.05, 0.1) is 16.7 Å². The molecule has 9 aromatic rings. The fourth-order valence-electron chi connectivity index (χ4n) is 6.89. The topological polar surface area (TPSA) is 48.5 Å². The molecule has 5 nitrogen and oxygen atoms in total. The van der Waals surface area contributed by atoms with Crippen LogP contribution < -0.4 is 0 Å². The SMILES string of the molecule is c1ccc(-c2nc(-c3ccccc3)nc(-c3ccc4c5c6cccc7c6n(c5n(-c5ccccc5)c4c3)-c3ccccc3S7)n2)cc1. The average Bonchev–Trinajstić information content (AvgIpc) is 3.66. The van der Waals surface area contributed by atoms with Crippen molar-refractivity contribution >= 4 is 44.6 Å². The summed E-state index contributed by atoms with van der Waals surface area (Å²) in [6, 6.07) is 53.0. The number of nitrogens with zero attached hydrogens (tertiary/aromatic N) is 5. The summed E-state index contributed by atoms with van der Waals surface area (Å²) in [4.78, 5) is 17.5. The van der Waals surface area contributed by atoms with Gasteiger partial charge in [0.1, 0.15) is 5.65 Å². The molecule has 6 aromatic carbocycles. The molecular weight excluding hydrogens is 595 g/mol. The molecule has 3 aromatic heterocycles. The third-order valence-electron chi connectivity index (χ3n) is 8.95. The van der Waals surface area contributed by atoms with Crippen LogP contribution in [0, 0.1) is 0 Å². The third-order valence-corrected chi connectivity index (χ3v) is 10.1. The molecule has 0 bridgehead atoms. The average molecular weight is 620 g/mol. The van der Waals surface area contributed by atoms with E-state index in [0.717, 1.165) is 33.5 Å². The Balaban J connectivity index is 1.30. The molecule has 0 fully saturated rings. The molecule has 10 rings (SSSR count). The number of hydrogen-bond acceptors (Lipinski definition) is 4. The molecule has 47 heavy (non-hydrogen) atoms. The first-order valence-corrected chi connectivity index (χ1v) is 16.4. The van der Waals surface area contributed by atoms with Crippen LogP contribution in [-0.2, 0) is 0 Å². The van der Waals surface area contributed by atoms with E-state index in [0.29, 0.717) is 17.5 Å². The smallest absolute Gasteiger partial charge is 0.164 e. The number of benzene rings is 6. The third kappa shape index (κ3) is 4.02. The maximum atomic E-state index is 5.04. The van der Waals surface area contributed by atoms with Crippen molar-refractivity contribution in [2.24, 2.45) is 0 Å². The van der Waals surface area contributed by atoms with Gasteiger partial charge in [0.25, 0.3) is 0 Å². The highest BCUT2D eigenvalue weighted by Gasteiger charge is 2.28. The minimum atomic E-state index is 0.642. The van der Waals surface area contributed by atoms with Crippen molar-refractivity contribution in [3.8, 4) is 45.5 Å². The highest BCUT2D eigenvalue weighted by molar-refractivity contribution is 7.99. The van der Waals surface area contributed by atoms with Crippen LogP contribution in [-0.4, -0.2) is 24.1 Å². The molecule has 0 saturated carbocycles. The number of aromatic nitrogens is 5. The molecule has 1 aliphatic heterocycles. The Morgan fingerprint density at radius 2 is 1.04 bits per heavy atom. The zero-order valence-electron chi connectivity index (χ0n) is 25.1. The first kappa shape index (κ1) is 26.3. The van der Waals surface area contributed by atoms with Crippen LogP contribution in [0.2, 0.25) is 0 Å². The van der Waals surface area contributed by atoms with Gasteiger partial charge in [0.2, 0.25) is 0 Å². The van der Waals surface area contributed by atoms with Crippen molar-refractivity contribution in [1.82, 2.24) is 24.1 Å². The summed E-state index contributed by atoms with van der Waals surface area (Å²) in [5.41, 5.74) is 8.67. The lowest BCUT2D eigenvalue weighted by Crippen LogP contribution is -2.05. The summed E-state index contributed by atoms with van der Waals surface area (Å²) in [7, 11) is 0. The van der Waals surface area contributed by atoms with Crippen LogP contribution >= 0.6 is 11.8 Å². The van der Waals surface area contributed by atoms with Crippen LogP contribution in [0.1, 0.15) is 0 Å². The van der Waals surface area contributed by atoms with Gasteiger partial charge < -0.3 is 0 Å². The van der Waals surface area contributed by atoms with Crippen molar-refractivity contribution in [3.05, 3.63) is 152 Å². The predicted molar refractivity (Wildman–Crippen MR) is 191 cm³/mol. The van der Waals surface area contributed by atoms with E-state index in [1.54, 1.807) is 0 Å². The van der Waals surface area contributed by atoms with Gasteiger partial charge in [-0.2, -0.15) is 0 Å². The molecule has 0 spiro atoms. The maximum Gasteiger partial charge on any atom is 0.164 e. The summed E-state index contributed by atoms with van der Waals surface area (Å²) in [6.45, 7) is 0. The van der Waals surface area contributed by atoms with Gasteiger partial charge in [-0.1, -0.05) is 127 Å². The van der Waals surface area contributed by atoms with E-state index in [1.165, 1.54) is 37.2 Å². The van der Waals surface area contributed by atoms with Gasteiger partial charge in [-0.15, -0.1) is 0 Å². The van der Waals surface area contributed by atoms with Crippen LogP contribution in [0.15, 0.2) is 161 Å². The molecule has 4 heterocycles. The van der Waals surface area contributed by atoms with Gasteiger partial charge in [-0.25, -0.2) is 15.0 Å². The monoisotopic (exact) mass is 619 g/mol. The van der Waals surface area contributed by atoms with Gasteiger partial charge in [-0.05, 0) is 36.4 Å². The summed E-state index contributed by atoms with van der Waals surface area (Å²) >= 11 is 1.85. The molecule has 220 valence electrons. The van der Waals surface area contributed by atoms with Crippen LogP contribution in [0.3, 0.4) is 0 Å². The standard InChI is InChI=1S/C41H25N5S/c1-4-13-26(14-5-1)38-42-39(27-15-6-2-7-16-27)44-40(43-38)28-23-24-30-33(25-28)45(29-17-8-3-9-18-29)41-36(30)31-19-12-22-35-37(31)46(41)32-20-10-11-21-34(32)47-35/h1-25H. The van der Waals surface area contributed by atoms with E-state index >= 15 is 0 Å². The zero-order chi connectivity index (χ0) is 30.9. The minimum absolute atomic E-state index is 0.642. The van der Waals surface area contributed by atoms with Crippen molar-refractivity contribution in [2.45, 2.75) is 9.79 Å². The molecule has 0 amide bonds. The van der Waals surface area contributed by atoms with Crippen molar-refractivity contribution < 1.29 is 0 Å².